The molecule has 0 aliphatic carbocycles. The van der Waals surface area contributed by atoms with E-state index < -0.39 is 0 Å². The van der Waals surface area contributed by atoms with Gasteiger partial charge in [-0.3, -0.25) is 14.6 Å². The van der Waals surface area contributed by atoms with Crippen molar-refractivity contribution in [2.24, 2.45) is 10.9 Å². The zero-order chi connectivity index (χ0) is 21.1. The Hall–Kier alpha value is -2.08. The van der Waals surface area contributed by atoms with Crippen molar-refractivity contribution in [1.82, 2.24) is 10.2 Å². The molecule has 0 aromatic heterocycles. The van der Waals surface area contributed by atoms with Crippen molar-refractivity contribution in [2.45, 2.75) is 46.1 Å². The van der Waals surface area contributed by atoms with Crippen LogP contribution in [0.5, 0.6) is 0 Å². The van der Waals surface area contributed by atoms with Crippen molar-refractivity contribution in [2.75, 3.05) is 19.3 Å². The summed E-state index contributed by atoms with van der Waals surface area (Å²) in [7, 11) is 0. The second-order valence-electron chi connectivity index (χ2n) is 6.87. The number of amides is 2. The minimum Gasteiger partial charge on any atom is -0.351 e. The quantitative estimate of drug-likeness (QED) is 0.321. The molecule has 0 aromatic rings. The van der Waals surface area contributed by atoms with E-state index in [1.807, 2.05) is 25.3 Å². The Balaban J connectivity index is 3.00. The molecule has 1 unspecified atom stereocenters. The number of nitrogens with zero attached hydrogens (tertiary/aromatic N) is 2. The molecule has 1 aliphatic rings. The molecule has 1 heterocycles. The number of likely N-dealkylation sites (tertiary alicyclic amines) is 1. The first-order chi connectivity index (χ1) is 13.4. The van der Waals surface area contributed by atoms with E-state index in [-0.39, 0.29) is 11.9 Å². The predicted octanol–water partition coefficient (Wildman–Crippen LogP) is 4.10. The first kappa shape index (κ1) is 24.0. The fraction of sp³-hybridized carbons (Fsp3) is 0.500. The van der Waals surface area contributed by atoms with E-state index in [0.717, 1.165) is 47.4 Å². The van der Waals surface area contributed by atoms with E-state index in [9.17, 15) is 9.59 Å². The molecule has 0 saturated carbocycles. The third-order valence-corrected chi connectivity index (χ3v) is 6.11. The molecule has 0 spiro atoms. The van der Waals surface area contributed by atoms with Crippen LogP contribution in [-0.4, -0.2) is 49.3 Å². The van der Waals surface area contributed by atoms with E-state index >= 15 is 0 Å². The number of thioether (sulfide) groups is 1. The summed E-state index contributed by atoms with van der Waals surface area (Å²) in [6, 6.07) is -0.345. The average molecular weight is 404 g/mol. The largest absolute Gasteiger partial charge is 0.351 e. The van der Waals surface area contributed by atoms with Crippen LogP contribution in [0.25, 0.3) is 0 Å². The Morgan fingerprint density at radius 1 is 1.43 bits per heavy atom. The van der Waals surface area contributed by atoms with Gasteiger partial charge < -0.3 is 10.2 Å². The van der Waals surface area contributed by atoms with Gasteiger partial charge in [-0.1, -0.05) is 38.7 Å². The lowest BCUT2D eigenvalue weighted by Gasteiger charge is -2.21. The number of nitrogens with one attached hydrogen (secondary N) is 1. The first-order valence-corrected chi connectivity index (χ1v) is 10.9. The van der Waals surface area contributed by atoms with Crippen LogP contribution in [-0.2, 0) is 9.59 Å². The number of hydrogen-bond donors (Lipinski definition) is 1. The highest BCUT2D eigenvalue weighted by Gasteiger charge is 2.29. The highest BCUT2D eigenvalue weighted by molar-refractivity contribution is 8.02. The third kappa shape index (κ3) is 6.51. The Bertz CT molecular complexity index is 679. The molecule has 1 aliphatic heterocycles. The van der Waals surface area contributed by atoms with Gasteiger partial charge in [-0.2, -0.15) is 0 Å². The summed E-state index contributed by atoms with van der Waals surface area (Å²) >= 11 is 1.61. The smallest absolute Gasteiger partial charge is 0.243 e. The molecule has 28 heavy (non-hydrogen) atoms. The van der Waals surface area contributed by atoms with Crippen molar-refractivity contribution in [3.8, 4) is 0 Å². The van der Waals surface area contributed by atoms with E-state index in [0.29, 0.717) is 19.0 Å². The van der Waals surface area contributed by atoms with Crippen molar-refractivity contribution < 1.29 is 9.59 Å². The Kier molecular flexibility index (Phi) is 10.6. The summed E-state index contributed by atoms with van der Waals surface area (Å²) in [5.74, 6) is 0.247. The van der Waals surface area contributed by atoms with Crippen LogP contribution in [0.15, 0.2) is 51.5 Å². The van der Waals surface area contributed by atoms with Crippen LogP contribution >= 0.6 is 11.8 Å². The van der Waals surface area contributed by atoms with Gasteiger partial charge in [-0.05, 0) is 56.2 Å². The fourth-order valence-electron chi connectivity index (χ4n) is 3.14. The molecule has 2 amide bonds. The standard InChI is InChI=1S/C22H33N3O2S/c1-7-16(3)19(12-11-18(8-2)21(28-6)17(4)23-5)14-24-22(27)20-10-9-13-25(20)15-26/h8,11-12,15-16,20H,2,5,7,9-10,13-14H2,1,3-4,6H3,(H,24,27)/b18-11+,19-12-,21-17-/t16?,20-/m0/s1. The summed E-state index contributed by atoms with van der Waals surface area (Å²) < 4.78 is 0. The van der Waals surface area contributed by atoms with E-state index in [1.165, 1.54) is 0 Å². The summed E-state index contributed by atoms with van der Waals surface area (Å²) in [5, 5.41) is 3.01. The van der Waals surface area contributed by atoms with Crippen LogP contribution < -0.4 is 5.32 Å². The maximum atomic E-state index is 12.5. The molecule has 1 saturated heterocycles. The van der Waals surface area contributed by atoms with Crippen LogP contribution in [0.4, 0.5) is 0 Å². The second kappa shape index (κ2) is 12.4. The number of allylic oxidation sites excluding steroid dienone is 5. The molecule has 1 N–H and O–H groups in total. The molecular formula is C22H33N3O2S. The van der Waals surface area contributed by atoms with Gasteiger partial charge in [0.1, 0.15) is 6.04 Å². The van der Waals surface area contributed by atoms with E-state index in [1.54, 1.807) is 16.7 Å². The van der Waals surface area contributed by atoms with Crippen molar-refractivity contribution in [1.29, 1.82) is 0 Å². The van der Waals surface area contributed by atoms with Crippen LogP contribution in [0.2, 0.25) is 0 Å². The number of hydrogen-bond acceptors (Lipinski definition) is 4. The SMILES string of the molecule is C=CC(=C\C=C(\CNC(=O)[C@@H]1CCCN1C=O)C(C)CC)/C(SC)=C(\C)N=C. The van der Waals surface area contributed by atoms with Crippen LogP contribution in [0.3, 0.4) is 0 Å². The van der Waals surface area contributed by atoms with Crippen LogP contribution in [0.1, 0.15) is 40.0 Å². The number of carbonyl (C=O) groups is 2. The Morgan fingerprint density at radius 2 is 2.14 bits per heavy atom. The average Bonchev–Trinajstić information content (AvgIpc) is 3.20. The van der Waals surface area contributed by atoms with Gasteiger partial charge in [0.25, 0.3) is 0 Å². The molecule has 0 radical (unpaired) electrons. The summed E-state index contributed by atoms with van der Waals surface area (Å²) in [5.41, 5.74) is 2.98. The number of carbonyl (C=O) groups excluding carboxylic acids is 2. The highest BCUT2D eigenvalue weighted by Crippen LogP contribution is 2.27. The molecule has 154 valence electrons. The Morgan fingerprint density at radius 3 is 2.68 bits per heavy atom. The molecule has 0 aromatic carbocycles. The lowest BCUT2D eigenvalue weighted by Crippen LogP contribution is -2.43. The normalized spacial score (nSPS) is 19.7. The topological polar surface area (TPSA) is 61.8 Å². The van der Waals surface area contributed by atoms with E-state index in [2.05, 4.69) is 43.5 Å². The van der Waals surface area contributed by atoms with Gasteiger partial charge in [0.2, 0.25) is 12.3 Å². The predicted molar refractivity (Wildman–Crippen MR) is 120 cm³/mol. The number of aliphatic imine (C=N–C) groups is 1. The maximum absolute atomic E-state index is 12.5. The summed E-state index contributed by atoms with van der Waals surface area (Å²) in [6.45, 7) is 14.8. The summed E-state index contributed by atoms with van der Waals surface area (Å²) in [4.78, 5) is 30.2. The molecule has 1 rings (SSSR count). The first-order valence-electron chi connectivity index (χ1n) is 9.67. The minimum atomic E-state index is -0.345. The molecule has 0 bridgehead atoms. The third-order valence-electron chi connectivity index (χ3n) is 5.17. The van der Waals surface area contributed by atoms with Crippen molar-refractivity contribution >= 4 is 30.8 Å². The Labute approximate surface area is 173 Å². The zero-order valence-electron chi connectivity index (χ0n) is 17.5. The molecule has 2 atom stereocenters. The van der Waals surface area contributed by atoms with Gasteiger partial charge in [-0.15, -0.1) is 11.8 Å². The van der Waals surface area contributed by atoms with Gasteiger partial charge in [-0.25, -0.2) is 0 Å². The van der Waals surface area contributed by atoms with Crippen molar-refractivity contribution in [3.05, 3.63) is 46.6 Å². The molecule has 1 fully saturated rings. The molecular weight excluding hydrogens is 370 g/mol. The second-order valence-corrected chi connectivity index (χ2v) is 7.69. The van der Waals surface area contributed by atoms with Gasteiger partial charge in [0.05, 0.1) is 5.70 Å². The zero-order valence-corrected chi connectivity index (χ0v) is 18.3. The number of rotatable bonds is 11. The molecule has 6 heteroatoms. The molecule has 5 nitrogen and oxygen atoms in total. The van der Waals surface area contributed by atoms with Crippen LogP contribution in [0, 0.1) is 5.92 Å². The van der Waals surface area contributed by atoms with Gasteiger partial charge in [0, 0.05) is 18.0 Å². The van der Waals surface area contributed by atoms with Gasteiger partial charge >= 0.3 is 0 Å². The minimum absolute atomic E-state index is 0.0804. The summed E-state index contributed by atoms with van der Waals surface area (Å²) in [6.07, 6.45) is 11.2. The fourth-order valence-corrected chi connectivity index (χ4v) is 3.89. The van der Waals surface area contributed by atoms with E-state index in [4.69, 9.17) is 0 Å². The lowest BCUT2D eigenvalue weighted by atomic mass is 9.97. The van der Waals surface area contributed by atoms with Gasteiger partial charge in [0.15, 0.2) is 0 Å². The lowest BCUT2D eigenvalue weighted by molar-refractivity contribution is -0.131. The highest BCUT2D eigenvalue weighted by atomic mass is 32.2. The maximum Gasteiger partial charge on any atom is 0.243 e. The monoisotopic (exact) mass is 403 g/mol. The van der Waals surface area contributed by atoms with Crippen molar-refractivity contribution in [3.63, 3.8) is 0 Å².